The van der Waals surface area contributed by atoms with Crippen LogP contribution in [0.1, 0.15) is 6.92 Å². The molecule has 0 aliphatic carbocycles. The van der Waals surface area contributed by atoms with Crippen LogP contribution in [0.3, 0.4) is 0 Å². The third-order valence-corrected chi connectivity index (χ3v) is 2.31. The summed E-state index contributed by atoms with van der Waals surface area (Å²) in [5, 5.41) is 11.9. The van der Waals surface area contributed by atoms with Crippen LogP contribution in [0, 0.1) is 0 Å². The van der Waals surface area contributed by atoms with Crippen LogP contribution in [-0.2, 0) is 9.53 Å². The molecule has 0 aromatic carbocycles. The van der Waals surface area contributed by atoms with Gasteiger partial charge in [-0.1, -0.05) is 34.8 Å². The Morgan fingerprint density at radius 3 is 2.43 bits per heavy atom. The van der Waals surface area contributed by atoms with Gasteiger partial charge in [-0.15, -0.1) is 0 Å². The Bertz CT molecular complexity index is 195. The molecule has 0 spiro atoms. The molecular weight excluding hydrogens is 252 g/mol. The molecule has 0 saturated heterocycles. The average molecular weight is 265 g/mol. The monoisotopic (exact) mass is 263 g/mol. The summed E-state index contributed by atoms with van der Waals surface area (Å²) >= 11 is 16.2. The molecular formula is C7H12Cl3NO3. The van der Waals surface area contributed by atoms with Gasteiger partial charge in [-0.05, 0) is 6.92 Å². The number of alkyl halides is 3. The van der Waals surface area contributed by atoms with Crippen LogP contribution in [0.5, 0.6) is 0 Å². The number of hydrogen-bond donors (Lipinski definition) is 2. The van der Waals surface area contributed by atoms with Crippen LogP contribution in [-0.4, -0.2) is 40.7 Å². The fourth-order valence-corrected chi connectivity index (χ4v) is 0.896. The lowest BCUT2D eigenvalue weighted by Crippen LogP contribution is -2.43. The van der Waals surface area contributed by atoms with Gasteiger partial charge >= 0.3 is 5.97 Å². The summed E-state index contributed by atoms with van der Waals surface area (Å²) in [5.74, 6) is -0.443. The zero-order valence-corrected chi connectivity index (χ0v) is 10.0. The molecule has 0 aromatic rings. The van der Waals surface area contributed by atoms with Gasteiger partial charge in [0.1, 0.15) is 12.1 Å². The van der Waals surface area contributed by atoms with E-state index in [1.807, 2.05) is 0 Å². The summed E-state index contributed by atoms with van der Waals surface area (Å²) in [6, 6.07) is -0.554. The van der Waals surface area contributed by atoms with E-state index in [1.165, 1.54) is 7.11 Å². The molecule has 0 fully saturated rings. The highest BCUT2D eigenvalue weighted by molar-refractivity contribution is 6.68. The Morgan fingerprint density at radius 2 is 2.07 bits per heavy atom. The Balaban J connectivity index is 3.89. The van der Waals surface area contributed by atoms with E-state index in [4.69, 9.17) is 34.8 Å². The van der Waals surface area contributed by atoms with Crippen molar-refractivity contribution >= 4 is 40.8 Å². The quantitative estimate of drug-likeness (QED) is 0.584. The number of ether oxygens (including phenoxy) is 1. The number of esters is 1. The van der Waals surface area contributed by atoms with Crippen molar-refractivity contribution in [2.75, 3.05) is 13.7 Å². The molecule has 0 aliphatic heterocycles. The molecule has 0 rings (SSSR count). The van der Waals surface area contributed by atoms with Crippen molar-refractivity contribution in [3.8, 4) is 0 Å². The third-order valence-electron chi connectivity index (χ3n) is 1.55. The Hall–Kier alpha value is 0.260. The zero-order chi connectivity index (χ0) is 11.4. The maximum atomic E-state index is 10.9. The largest absolute Gasteiger partial charge is 0.468 e. The fraction of sp³-hybridized carbons (Fsp3) is 0.857. The molecule has 0 aromatic heterocycles. The van der Waals surface area contributed by atoms with Crippen LogP contribution < -0.4 is 5.32 Å². The molecule has 0 saturated carbocycles. The normalized spacial score (nSPS) is 16.1. The van der Waals surface area contributed by atoms with Crippen molar-refractivity contribution in [2.45, 2.75) is 22.9 Å². The molecule has 84 valence electrons. The first-order valence-corrected chi connectivity index (χ1v) is 4.98. The Morgan fingerprint density at radius 1 is 1.57 bits per heavy atom. The number of nitrogens with one attached hydrogen (secondary N) is 1. The molecule has 2 N–H and O–H groups in total. The van der Waals surface area contributed by atoms with Gasteiger partial charge in [-0.25, -0.2) is 0 Å². The van der Waals surface area contributed by atoms with Crippen LogP contribution in [0.25, 0.3) is 0 Å². The molecule has 0 heterocycles. The predicted molar refractivity (Wildman–Crippen MR) is 55.8 cm³/mol. The van der Waals surface area contributed by atoms with Crippen LogP contribution in [0.2, 0.25) is 0 Å². The number of aliphatic hydroxyl groups is 1. The highest BCUT2D eigenvalue weighted by Crippen LogP contribution is 2.29. The fourth-order valence-electron chi connectivity index (χ4n) is 0.664. The summed E-state index contributed by atoms with van der Waals surface area (Å²) in [7, 11) is 1.27. The number of carbonyl (C=O) groups is 1. The van der Waals surface area contributed by atoms with E-state index in [9.17, 15) is 9.90 Å². The van der Waals surface area contributed by atoms with Crippen molar-refractivity contribution in [3.05, 3.63) is 0 Å². The van der Waals surface area contributed by atoms with E-state index in [2.05, 4.69) is 10.1 Å². The van der Waals surface area contributed by atoms with E-state index in [1.54, 1.807) is 6.92 Å². The van der Waals surface area contributed by atoms with Crippen LogP contribution >= 0.6 is 34.8 Å². The van der Waals surface area contributed by atoms with E-state index < -0.39 is 21.9 Å². The molecule has 2 atom stereocenters. The lowest BCUT2D eigenvalue weighted by atomic mass is 10.3. The summed E-state index contributed by atoms with van der Waals surface area (Å²) < 4.78 is 2.69. The number of methoxy groups -OCH3 is 1. The molecule has 0 aliphatic rings. The topological polar surface area (TPSA) is 58.6 Å². The molecule has 4 nitrogen and oxygen atoms in total. The van der Waals surface area contributed by atoms with Gasteiger partial charge in [0.05, 0.1) is 7.11 Å². The second-order valence-corrected chi connectivity index (χ2v) is 5.08. The van der Waals surface area contributed by atoms with Crippen LogP contribution in [0.15, 0.2) is 0 Å². The number of hydrogen-bond acceptors (Lipinski definition) is 4. The van der Waals surface area contributed by atoms with Gasteiger partial charge in [0.2, 0.25) is 3.79 Å². The molecule has 14 heavy (non-hydrogen) atoms. The van der Waals surface area contributed by atoms with Gasteiger partial charge in [-0.2, -0.15) is 0 Å². The summed E-state index contributed by atoms with van der Waals surface area (Å²) in [5.41, 5.74) is 0. The number of halogens is 3. The van der Waals surface area contributed by atoms with E-state index >= 15 is 0 Å². The smallest absolute Gasteiger partial charge is 0.322 e. The molecule has 2 unspecified atom stereocenters. The lowest BCUT2D eigenvalue weighted by molar-refractivity contribution is -0.142. The zero-order valence-electron chi connectivity index (χ0n) is 7.76. The first-order valence-electron chi connectivity index (χ1n) is 3.85. The highest BCUT2D eigenvalue weighted by Gasteiger charge is 2.31. The lowest BCUT2D eigenvalue weighted by Gasteiger charge is -2.20. The average Bonchev–Trinajstić information content (AvgIpc) is 2.10. The summed E-state index contributed by atoms with van der Waals surface area (Å²) in [4.78, 5) is 10.9. The van der Waals surface area contributed by atoms with Gasteiger partial charge < -0.3 is 15.2 Å². The Labute approximate surface area is 97.5 Å². The van der Waals surface area contributed by atoms with Crippen molar-refractivity contribution in [1.29, 1.82) is 0 Å². The first kappa shape index (κ1) is 14.3. The number of carbonyl (C=O) groups excluding carboxylic acids is 1. The molecule has 7 heteroatoms. The van der Waals surface area contributed by atoms with Crippen molar-refractivity contribution in [2.24, 2.45) is 0 Å². The predicted octanol–water partition coefficient (Wildman–Crippen LogP) is 0.869. The SMILES string of the molecule is COC(=O)C(C)NCC(O)C(Cl)(Cl)Cl. The van der Waals surface area contributed by atoms with Gasteiger partial charge in [0.25, 0.3) is 0 Å². The minimum atomic E-state index is -1.76. The third kappa shape index (κ3) is 5.22. The van der Waals surface area contributed by atoms with Crippen molar-refractivity contribution < 1.29 is 14.6 Å². The van der Waals surface area contributed by atoms with E-state index in [-0.39, 0.29) is 6.54 Å². The molecule has 0 bridgehead atoms. The maximum absolute atomic E-state index is 10.9. The Kier molecular flexibility index (Phi) is 6.09. The van der Waals surface area contributed by atoms with Gasteiger partial charge in [-0.3, -0.25) is 4.79 Å². The van der Waals surface area contributed by atoms with E-state index in [0.29, 0.717) is 0 Å². The first-order chi connectivity index (χ1) is 6.29. The minimum absolute atomic E-state index is 0.00718. The van der Waals surface area contributed by atoms with E-state index in [0.717, 1.165) is 0 Å². The minimum Gasteiger partial charge on any atom is -0.468 e. The van der Waals surface area contributed by atoms with Crippen molar-refractivity contribution in [1.82, 2.24) is 5.32 Å². The molecule has 0 radical (unpaired) electrons. The number of rotatable bonds is 4. The molecule has 0 amide bonds. The van der Waals surface area contributed by atoms with Crippen molar-refractivity contribution in [3.63, 3.8) is 0 Å². The number of aliphatic hydroxyl groups excluding tert-OH is 1. The standard InChI is InChI=1S/C7H12Cl3NO3/c1-4(6(13)14-2)11-3-5(12)7(8,9)10/h4-5,11-12H,3H2,1-2H3. The van der Waals surface area contributed by atoms with Crippen LogP contribution in [0.4, 0.5) is 0 Å². The second kappa shape index (κ2) is 5.98. The maximum Gasteiger partial charge on any atom is 0.322 e. The van der Waals surface area contributed by atoms with Gasteiger partial charge in [0.15, 0.2) is 0 Å². The summed E-state index contributed by atoms with van der Waals surface area (Å²) in [6.45, 7) is 1.57. The van der Waals surface area contributed by atoms with Gasteiger partial charge in [0, 0.05) is 6.54 Å². The second-order valence-electron chi connectivity index (χ2n) is 2.71. The summed E-state index contributed by atoms with van der Waals surface area (Å²) in [6.07, 6.45) is -1.18. The highest BCUT2D eigenvalue weighted by atomic mass is 35.6.